The zero-order valence-corrected chi connectivity index (χ0v) is 11.0. The van der Waals surface area contributed by atoms with E-state index in [-0.39, 0.29) is 98.2 Å². The molecule has 0 aliphatic rings. The van der Waals surface area contributed by atoms with Crippen molar-refractivity contribution in [1.29, 1.82) is 0 Å². The van der Waals surface area contributed by atoms with Gasteiger partial charge in [0.2, 0.25) is 0 Å². The van der Waals surface area contributed by atoms with Gasteiger partial charge in [0.1, 0.15) is 0 Å². The van der Waals surface area contributed by atoms with Crippen LogP contribution in [-0.2, 0) is 0 Å². The van der Waals surface area contributed by atoms with Crippen LogP contribution in [0, 0.1) is 41.7 Å². The van der Waals surface area contributed by atoms with Crippen LogP contribution < -0.4 is 0 Å². The van der Waals surface area contributed by atoms with Crippen LogP contribution in [0.4, 0.5) is 9.50 Å². The third-order valence-corrected chi connectivity index (χ3v) is 0. The summed E-state index contributed by atoms with van der Waals surface area (Å²) in [4.78, 5) is 8.56. The fourth-order valence-corrected chi connectivity index (χ4v) is 0. The molecule has 0 spiro atoms. The molecule has 3 nitrogen and oxygen atoms in total. The minimum absolute atomic E-state index is 0. The van der Waals surface area contributed by atoms with Crippen molar-refractivity contribution < 1.29 is 64.3 Å². The average molecular weight is 361 g/mol. The van der Waals surface area contributed by atoms with Gasteiger partial charge < -0.3 is 13.1 Å². The zero-order chi connectivity index (χ0) is 3.58. The molecule has 0 aromatic heterocycles. The largest absolute Gasteiger partial charge is 2.00 e. The van der Waals surface area contributed by atoms with Crippen molar-refractivity contribution in [3.05, 3.63) is 0 Å². The summed E-state index contributed by atoms with van der Waals surface area (Å²) in [7, 11) is 0. The van der Waals surface area contributed by atoms with E-state index in [1.54, 1.807) is 0 Å². The van der Waals surface area contributed by atoms with E-state index >= 15 is 0 Å². The number of hydrogen-bond acceptors (Lipinski definition) is 1. The molecule has 7 heavy (non-hydrogen) atoms. The summed E-state index contributed by atoms with van der Waals surface area (Å²) in [5, 5.41) is 13.9. The van der Waals surface area contributed by atoms with Crippen LogP contribution in [0.25, 0.3) is 0 Å². The molecule has 0 bridgehead atoms. The van der Waals surface area contributed by atoms with E-state index in [2.05, 4.69) is 0 Å². The van der Waals surface area contributed by atoms with E-state index in [0.717, 1.165) is 0 Å². The van der Waals surface area contributed by atoms with Gasteiger partial charge in [0, 0.05) is 41.7 Å². The van der Waals surface area contributed by atoms with Crippen LogP contribution >= 0.6 is 0 Å². The van der Waals surface area contributed by atoms with E-state index in [4.69, 9.17) is 15.0 Å². The van der Waals surface area contributed by atoms with Crippen LogP contribution in [-0.4, -0.2) is 65.2 Å². The maximum absolute atomic E-state index is 8.56. The normalized spacial score (nSPS) is 3.43. The summed E-state index contributed by atoms with van der Waals surface area (Å²) in [6.07, 6.45) is -1.83. The molecule has 40 valence electrons. The third-order valence-electron chi connectivity index (χ3n) is 0. The monoisotopic (exact) mass is 362 g/mol. The molecule has 0 aliphatic carbocycles. The zero-order valence-electron chi connectivity index (χ0n) is 5.42. The molecular weight excluding hydrogens is 356 g/mol. The van der Waals surface area contributed by atoms with Gasteiger partial charge in [0.25, 0.3) is 0 Å². The van der Waals surface area contributed by atoms with Gasteiger partial charge in [-0.25, -0.2) is 4.79 Å². The van der Waals surface area contributed by atoms with Crippen molar-refractivity contribution in [3.8, 4) is 0 Å². The minimum Gasteiger partial charge on any atom is -1.00 e. The van der Waals surface area contributed by atoms with Gasteiger partial charge in [0.15, 0.2) is 0 Å². The standard InChI is InChI=1S/CH2O3.Ba.Ce.FH.2H/c2-1(3)4;;;;;/h(H2,2,3,4);;;1H;;/q;+2;;;2*-1. The Bertz CT molecular complexity index is 44.8. The summed E-state index contributed by atoms with van der Waals surface area (Å²) >= 11 is 0. The molecule has 2 N–H and O–H groups in total. The molecule has 0 rings (SSSR count). The molecule has 0 atom stereocenters. The fraction of sp³-hybridized carbons (Fsp3) is 0. The van der Waals surface area contributed by atoms with Gasteiger partial charge in [-0.3, -0.25) is 4.70 Å². The molecule has 0 aromatic rings. The summed E-state index contributed by atoms with van der Waals surface area (Å²) in [5.41, 5.74) is 0. The van der Waals surface area contributed by atoms with Gasteiger partial charge in [-0.15, -0.1) is 0 Å². The Labute approximate surface area is 117 Å². The molecule has 0 saturated carbocycles. The quantitative estimate of drug-likeness (QED) is 0.607. The second-order valence-corrected chi connectivity index (χ2v) is 0.283. The SMILES string of the molecule is F.O=C(O)O.[Ba+2].[Ce].[H-].[H-]. The summed E-state index contributed by atoms with van der Waals surface area (Å²) < 4.78 is 0. The number of halogens is 1. The Balaban J connectivity index is -0.00000000450. The Morgan fingerprint density at radius 3 is 1.43 bits per heavy atom. The maximum atomic E-state index is 8.56. The fourth-order valence-electron chi connectivity index (χ4n) is 0. The first-order valence-electron chi connectivity index (χ1n) is 0.651. The van der Waals surface area contributed by atoms with Crippen LogP contribution in [0.5, 0.6) is 0 Å². The minimum atomic E-state index is -1.83. The Morgan fingerprint density at radius 2 is 1.43 bits per heavy atom. The van der Waals surface area contributed by atoms with Crippen molar-refractivity contribution in [3.63, 3.8) is 0 Å². The summed E-state index contributed by atoms with van der Waals surface area (Å²) in [6.45, 7) is 0. The molecule has 0 heterocycles. The van der Waals surface area contributed by atoms with Gasteiger partial charge in [-0.2, -0.15) is 0 Å². The first kappa shape index (κ1) is 22.9. The van der Waals surface area contributed by atoms with Gasteiger partial charge in [-0.1, -0.05) is 0 Å². The van der Waals surface area contributed by atoms with E-state index in [0.29, 0.717) is 0 Å². The van der Waals surface area contributed by atoms with Crippen molar-refractivity contribution in [1.82, 2.24) is 0 Å². The van der Waals surface area contributed by atoms with Gasteiger partial charge in [-0.05, 0) is 0 Å². The molecule has 0 amide bonds. The van der Waals surface area contributed by atoms with Gasteiger partial charge in [0.05, 0.1) is 0 Å². The second-order valence-electron chi connectivity index (χ2n) is 0.283. The number of hydrogen-bond donors (Lipinski definition) is 2. The van der Waals surface area contributed by atoms with Gasteiger partial charge >= 0.3 is 55.0 Å². The van der Waals surface area contributed by atoms with E-state index in [1.807, 2.05) is 0 Å². The summed E-state index contributed by atoms with van der Waals surface area (Å²) in [5.74, 6) is 0. The molecule has 0 radical (unpaired) electrons. The van der Waals surface area contributed by atoms with Crippen molar-refractivity contribution in [2.75, 3.05) is 0 Å². The summed E-state index contributed by atoms with van der Waals surface area (Å²) in [6, 6.07) is 0. The average Bonchev–Trinajstić information content (AvgIpc) is 0.811. The smallest absolute Gasteiger partial charge is 1.00 e. The van der Waals surface area contributed by atoms with Crippen LogP contribution in [0.2, 0.25) is 0 Å². The number of carboxylic acid groups (broad SMARTS) is 2. The van der Waals surface area contributed by atoms with Crippen LogP contribution in [0.3, 0.4) is 0 Å². The third kappa shape index (κ3) is 66.7. The maximum Gasteiger partial charge on any atom is 2.00 e. The predicted molar refractivity (Wildman–Crippen MR) is 21.1 cm³/mol. The van der Waals surface area contributed by atoms with Crippen molar-refractivity contribution in [2.45, 2.75) is 0 Å². The Hall–Kier alpha value is 2.15. The topological polar surface area (TPSA) is 57.5 Å². The first-order chi connectivity index (χ1) is 1.73. The van der Waals surface area contributed by atoms with Crippen molar-refractivity contribution in [2.24, 2.45) is 0 Å². The number of rotatable bonds is 0. The molecule has 6 heteroatoms. The second kappa shape index (κ2) is 15.7. The van der Waals surface area contributed by atoms with Crippen LogP contribution in [0.15, 0.2) is 0 Å². The molecule has 0 aromatic carbocycles. The number of carbonyl (C=O) groups is 1. The van der Waals surface area contributed by atoms with E-state index in [1.165, 1.54) is 0 Å². The molecule has 0 fully saturated rings. The van der Waals surface area contributed by atoms with Crippen LogP contribution in [0.1, 0.15) is 2.85 Å². The predicted octanol–water partition coefficient (Wildman–Crippen LogP) is 0.219. The molecule has 0 saturated heterocycles. The molecule has 0 unspecified atom stereocenters. The Morgan fingerprint density at radius 1 is 1.43 bits per heavy atom. The van der Waals surface area contributed by atoms with E-state index < -0.39 is 6.16 Å². The first-order valence-corrected chi connectivity index (χ1v) is 0.651. The van der Waals surface area contributed by atoms with Crippen molar-refractivity contribution >= 4 is 55.0 Å². The Kier molecular flexibility index (Phi) is 51.4. The molecular formula is CH5BaCeFO3. The van der Waals surface area contributed by atoms with E-state index in [9.17, 15) is 0 Å². The molecule has 0 aliphatic heterocycles.